The van der Waals surface area contributed by atoms with Gasteiger partial charge in [0.2, 0.25) is 0 Å². The number of aliphatic hydroxyl groups is 1. The number of hydrogen-bond acceptors (Lipinski definition) is 1. The van der Waals surface area contributed by atoms with E-state index in [4.69, 9.17) is 5.11 Å². The summed E-state index contributed by atoms with van der Waals surface area (Å²) in [5, 5.41) is 8.66. The highest BCUT2D eigenvalue weighted by Gasteiger charge is 2.12. The first kappa shape index (κ1) is 9.69. The number of hydrogen-bond donors (Lipinski definition) is 1. The van der Waals surface area contributed by atoms with E-state index in [1.807, 2.05) is 0 Å². The van der Waals surface area contributed by atoms with E-state index in [0.717, 1.165) is 0 Å². The summed E-state index contributed by atoms with van der Waals surface area (Å²) in [5.74, 6) is 4.50. The van der Waals surface area contributed by atoms with Crippen LogP contribution in [0.5, 0.6) is 0 Å². The predicted molar refractivity (Wildman–Crippen MR) is 45.3 cm³/mol. The number of benzene rings is 1. The molecule has 0 fully saturated rings. The molecule has 0 unspecified atom stereocenters. The summed E-state index contributed by atoms with van der Waals surface area (Å²) < 4.78 is 23.6. The highest BCUT2D eigenvalue weighted by atomic mass is 19.3. The third kappa shape index (κ3) is 3.22. The van der Waals surface area contributed by atoms with Crippen molar-refractivity contribution in [3.63, 3.8) is 0 Å². The summed E-state index contributed by atoms with van der Waals surface area (Å²) >= 11 is 0. The van der Waals surface area contributed by atoms with Gasteiger partial charge >= 0.3 is 0 Å². The van der Waals surface area contributed by atoms with Gasteiger partial charge in [0.05, 0.1) is 0 Å². The van der Waals surface area contributed by atoms with Crippen LogP contribution in [0.25, 0.3) is 0 Å². The maximum absolute atomic E-state index is 11.8. The molecule has 0 aliphatic rings. The van der Waals surface area contributed by atoms with Crippen molar-refractivity contribution >= 4 is 0 Å². The van der Waals surface area contributed by atoms with Crippen LogP contribution >= 0.6 is 0 Å². The summed E-state index contributed by atoms with van der Waals surface area (Å²) in [7, 11) is 0. The normalized spacial score (nSPS) is 12.0. The van der Waals surface area contributed by atoms with Gasteiger partial charge in [0.1, 0.15) is 0 Å². The minimum absolute atomic E-state index is 0.613. The predicted octanol–water partition coefficient (Wildman–Crippen LogP) is 1.66. The maximum Gasteiger partial charge on any atom is 0.275 e. The smallest absolute Gasteiger partial charge is 0.275 e. The lowest BCUT2D eigenvalue weighted by molar-refractivity contribution is 0.0296. The van der Waals surface area contributed by atoms with E-state index in [1.165, 1.54) is 0 Å². The van der Waals surface area contributed by atoms with E-state index in [9.17, 15) is 8.78 Å². The Morgan fingerprint density at radius 3 is 2.31 bits per heavy atom. The zero-order chi connectivity index (χ0) is 9.68. The summed E-state index contributed by atoms with van der Waals surface area (Å²) in [5.41, 5.74) is 0.613. The van der Waals surface area contributed by atoms with Crippen LogP contribution in [0.3, 0.4) is 0 Å². The number of rotatable bonds is 1. The monoisotopic (exact) mass is 182 g/mol. The third-order valence-electron chi connectivity index (χ3n) is 1.38. The van der Waals surface area contributed by atoms with Gasteiger partial charge in [0.15, 0.2) is 6.10 Å². The van der Waals surface area contributed by atoms with Crippen LogP contribution in [0, 0.1) is 11.8 Å². The van der Waals surface area contributed by atoms with Gasteiger partial charge < -0.3 is 5.11 Å². The van der Waals surface area contributed by atoms with Crippen molar-refractivity contribution in [1.29, 1.82) is 0 Å². The molecule has 1 rings (SSSR count). The summed E-state index contributed by atoms with van der Waals surface area (Å²) in [6, 6.07) is 8.67. The van der Waals surface area contributed by atoms with Gasteiger partial charge in [-0.2, -0.15) is 0 Å². The molecule has 0 aliphatic carbocycles. The van der Waals surface area contributed by atoms with Crippen LogP contribution in [0.1, 0.15) is 5.56 Å². The van der Waals surface area contributed by atoms with Crippen molar-refractivity contribution in [1.82, 2.24) is 0 Å². The SMILES string of the molecule is O[C@H](C#Cc1ccccc1)C(F)F. The molecule has 3 heteroatoms. The number of alkyl halides is 2. The molecule has 0 saturated carbocycles. The Morgan fingerprint density at radius 1 is 1.15 bits per heavy atom. The molecule has 0 spiro atoms. The van der Waals surface area contributed by atoms with E-state index in [-0.39, 0.29) is 0 Å². The second kappa shape index (κ2) is 4.58. The molecule has 0 aromatic heterocycles. The van der Waals surface area contributed by atoms with E-state index in [0.29, 0.717) is 5.56 Å². The van der Waals surface area contributed by atoms with Gasteiger partial charge in [0.25, 0.3) is 6.43 Å². The van der Waals surface area contributed by atoms with Crippen molar-refractivity contribution in [2.75, 3.05) is 0 Å². The van der Waals surface area contributed by atoms with Crippen molar-refractivity contribution in [2.24, 2.45) is 0 Å². The third-order valence-corrected chi connectivity index (χ3v) is 1.38. The molecule has 1 aromatic rings. The minimum Gasteiger partial charge on any atom is -0.375 e. The second-order valence-corrected chi connectivity index (χ2v) is 2.41. The van der Waals surface area contributed by atoms with Crippen molar-refractivity contribution in [3.05, 3.63) is 35.9 Å². The van der Waals surface area contributed by atoms with Crippen LogP contribution in [0.4, 0.5) is 8.78 Å². The topological polar surface area (TPSA) is 20.2 Å². The highest BCUT2D eigenvalue weighted by molar-refractivity contribution is 5.34. The second-order valence-electron chi connectivity index (χ2n) is 2.41. The van der Waals surface area contributed by atoms with E-state index >= 15 is 0 Å². The van der Waals surface area contributed by atoms with Crippen LogP contribution in [-0.4, -0.2) is 17.6 Å². The van der Waals surface area contributed by atoms with Crippen LogP contribution < -0.4 is 0 Å². The lowest BCUT2D eigenvalue weighted by Gasteiger charge is -1.98. The minimum atomic E-state index is -2.81. The molecule has 0 amide bonds. The summed E-state index contributed by atoms with van der Waals surface area (Å²) in [4.78, 5) is 0. The van der Waals surface area contributed by atoms with Gasteiger partial charge in [-0.1, -0.05) is 30.0 Å². The van der Waals surface area contributed by atoms with Crippen molar-refractivity contribution in [2.45, 2.75) is 12.5 Å². The molecular weight excluding hydrogens is 174 g/mol. The van der Waals surface area contributed by atoms with Gasteiger partial charge in [0, 0.05) is 5.56 Å². The first-order chi connectivity index (χ1) is 6.20. The quantitative estimate of drug-likeness (QED) is 0.655. The largest absolute Gasteiger partial charge is 0.375 e. The van der Waals surface area contributed by atoms with Gasteiger partial charge in [-0.05, 0) is 12.1 Å². The Kier molecular flexibility index (Phi) is 3.41. The summed E-state index contributed by atoms with van der Waals surface area (Å²) in [6.07, 6.45) is -4.67. The van der Waals surface area contributed by atoms with Crippen molar-refractivity contribution < 1.29 is 13.9 Å². The average Bonchev–Trinajstić information content (AvgIpc) is 2.15. The molecule has 0 heterocycles. The fraction of sp³-hybridized carbons (Fsp3) is 0.200. The van der Waals surface area contributed by atoms with Gasteiger partial charge in [-0.25, -0.2) is 8.78 Å². The van der Waals surface area contributed by atoms with Crippen LogP contribution in [0.15, 0.2) is 30.3 Å². The van der Waals surface area contributed by atoms with Gasteiger partial charge in [-0.3, -0.25) is 0 Å². The number of halogens is 2. The Bertz CT molecular complexity index is 311. The maximum atomic E-state index is 11.8. The molecule has 1 N–H and O–H groups in total. The molecular formula is C10H8F2O. The van der Waals surface area contributed by atoms with Crippen LogP contribution in [0.2, 0.25) is 0 Å². The van der Waals surface area contributed by atoms with E-state index in [1.54, 1.807) is 30.3 Å². The Morgan fingerprint density at radius 2 is 1.77 bits per heavy atom. The number of aliphatic hydroxyl groups excluding tert-OH is 1. The van der Waals surface area contributed by atoms with E-state index < -0.39 is 12.5 Å². The summed E-state index contributed by atoms with van der Waals surface area (Å²) in [6.45, 7) is 0. The zero-order valence-electron chi connectivity index (χ0n) is 6.74. The zero-order valence-corrected chi connectivity index (χ0v) is 6.74. The molecule has 13 heavy (non-hydrogen) atoms. The van der Waals surface area contributed by atoms with Crippen LogP contribution in [-0.2, 0) is 0 Å². The molecule has 68 valence electrons. The molecule has 1 nitrogen and oxygen atoms in total. The Balaban J connectivity index is 2.68. The van der Waals surface area contributed by atoms with Crippen molar-refractivity contribution in [3.8, 4) is 11.8 Å². The molecule has 0 radical (unpaired) electrons. The first-order valence-electron chi connectivity index (χ1n) is 3.73. The average molecular weight is 182 g/mol. The molecule has 1 aromatic carbocycles. The lowest BCUT2D eigenvalue weighted by Crippen LogP contribution is -2.14. The molecule has 0 aliphatic heterocycles. The molecule has 0 bridgehead atoms. The molecule has 1 atom stereocenters. The van der Waals surface area contributed by atoms with E-state index in [2.05, 4.69) is 11.8 Å². The highest BCUT2D eigenvalue weighted by Crippen LogP contribution is 2.00. The fourth-order valence-electron chi connectivity index (χ4n) is 0.742. The first-order valence-corrected chi connectivity index (χ1v) is 3.73. The fourth-order valence-corrected chi connectivity index (χ4v) is 0.742. The van der Waals surface area contributed by atoms with Gasteiger partial charge in [-0.15, -0.1) is 0 Å². The Hall–Kier alpha value is -1.40. The Labute approximate surface area is 75.0 Å². The lowest BCUT2D eigenvalue weighted by atomic mass is 10.2. The molecule has 0 saturated heterocycles. The standard InChI is InChI=1S/C10H8F2O/c11-10(12)9(13)7-6-8-4-2-1-3-5-8/h1-5,9-10,13H/t9-/m1/s1.